The maximum Gasteiger partial charge on any atom is 0.242 e. The molecule has 2 amide bonds. The Kier molecular flexibility index (Phi) is 7.59. The molecule has 144 valence electrons. The van der Waals surface area contributed by atoms with Crippen LogP contribution in [0.5, 0.6) is 0 Å². The summed E-state index contributed by atoms with van der Waals surface area (Å²) in [5.41, 5.74) is 4.41. The van der Waals surface area contributed by atoms with Crippen molar-refractivity contribution in [3.8, 4) is 0 Å². The van der Waals surface area contributed by atoms with Gasteiger partial charge in [0.1, 0.15) is 6.04 Å². The molecule has 2 rings (SSSR count). The molecule has 0 aliphatic rings. The Morgan fingerprint density at radius 3 is 2.44 bits per heavy atom. The Hall–Kier alpha value is -2.62. The van der Waals surface area contributed by atoms with Crippen LogP contribution in [0.15, 0.2) is 48.5 Å². The average Bonchev–Trinajstić information content (AvgIpc) is 2.65. The Bertz CT molecular complexity index is 771. The van der Waals surface area contributed by atoms with Crippen LogP contribution >= 0.6 is 0 Å². The van der Waals surface area contributed by atoms with Crippen molar-refractivity contribution in [2.24, 2.45) is 0 Å². The van der Waals surface area contributed by atoms with Crippen molar-refractivity contribution in [3.05, 3.63) is 70.8 Å². The smallest absolute Gasteiger partial charge is 0.242 e. The van der Waals surface area contributed by atoms with Crippen LogP contribution in [0, 0.1) is 13.8 Å². The second-order valence-electron chi connectivity index (χ2n) is 7.00. The minimum absolute atomic E-state index is 0.0154. The van der Waals surface area contributed by atoms with Gasteiger partial charge in [-0.2, -0.15) is 0 Å². The Balaban J connectivity index is 2.17. The van der Waals surface area contributed by atoms with Crippen LogP contribution < -0.4 is 5.32 Å². The summed E-state index contributed by atoms with van der Waals surface area (Å²) in [5.74, 6) is -0.127. The molecule has 0 aromatic heterocycles. The van der Waals surface area contributed by atoms with Gasteiger partial charge >= 0.3 is 0 Å². The van der Waals surface area contributed by atoms with Gasteiger partial charge < -0.3 is 10.2 Å². The highest BCUT2D eigenvalue weighted by molar-refractivity contribution is 5.88. The number of rotatable bonds is 8. The van der Waals surface area contributed by atoms with Crippen molar-refractivity contribution < 1.29 is 9.59 Å². The molecule has 0 radical (unpaired) electrons. The molecule has 0 heterocycles. The summed E-state index contributed by atoms with van der Waals surface area (Å²) in [6.45, 7) is 8.81. The number of benzene rings is 2. The maximum absolute atomic E-state index is 13.1. The van der Waals surface area contributed by atoms with Crippen LogP contribution in [-0.2, 0) is 22.4 Å². The van der Waals surface area contributed by atoms with Gasteiger partial charge in [0.25, 0.3) is 0 Å². The molecule has 0 spiro atoms. The van der Waals surface area contributed by atoms with Gasteiger partial charge in [0, 0.05) is 13.1 Å². The fraction of sp³-hybridized carbons (Fsp3) is 0.391. The van der Waals surface area contributed by atoms with E-state index in [0.717, 1.165) is 28.7 Å². The molecule has 27 heavy (non-hydrogen) atoms. The van der Waals surface area contributed by atoms with E-state index < -0.39 is 6.04 Å². The minimum atomic E-state index is -0.494. The third-order valence-electron chi connectivity index (χ3n) is 4.85. The molecule has 0 aliphatic heterocycles. The molecular weight excluding hydrogens is 336 g/mol. The minimum Gasteiger partial charge on any atom is -0.355 e. The zero-order valence-corrected chi connectivity index (χ0v) is 16.8. The highest BCUT2D eigenvalue weighted by Crippen LogP contribution is 2.14. The number of carbonyl (C=O) groups is 2. The standard InChI is InChI=1S/C23H30N2O2/c1-5-24-23(27)19(4)25(14-13-20-9-7-6-8-10-20)22(26)16-21-15-17(2)11-12-18(21)3/h6-12,15,19H,5,13-14,16H2,1-4H3,(H,24,27). The first kappa shape index (κ1) is 20.7. The van der Waals surface area contributed by atoms with Crippen LogP contribution in [-0.4, -0.2) is 35.8 Å². The van der Waals surface area contributed by atoms with Gasteiger partial charge in [0.05, 0.1) is 6.42 Å². The van der Waals surface area contributed by atoms with Crippen LogP contribution in [0.25, 0.3) is 0 Å². The summed E-state index contributed by atoms with van der Waals surface area (Å²) in [5, 5.41) is 2.83. The molecule has 4 nitrogen and oxygen atoms in total. The van der Waals surface area contributed by atoms with Gasteiger partial charge in [0.2, 0.25) is 11.8 Å². The normalized spacial score (nSPS) is 11.7. The maximum atomic E-state index is 13.1. The lowest BCUT2D eigenvalue weighted by Gasteiger charge is -2.29. The van der Waals surface area contributed by atoms with Crippen molar-refractivity contribution >= 4 is 11.8 Å². The molecule has 0 saturated heterocycles. The monoisotopic (exact) mass is 366 g/mol. The molecule has 1 unspecified atom stereocenters. The molecule has 0 fully saturated rings. The summed E-state index contributed by atoms with van der Waals surface area (Å²) < 4.78 is 0. The summed E-state index contributed by atoms with van der Waals surface area (Å²) >= 11 is 0. The fourth-order valence-corrected chi connectivity index (χ4v) is 3.15. The first-order valence-electron chi connectivity index (χ1n) is 9.59. The number of nitrogens with zero attached hydrogens (tertiary/aromatic N) is 1. The van der Waals surface area contributed by atoms with E-state index in [1.165, 1.54) is 0 Å². The van der Waals surface area contributed by atoms with E-state index in [-0.39, 0.29) is 11.8 Å². The summed E-state index contributed by atoms with van der Waals surface area (Å²) in [4.78, 5) is 27.2. The molecule has 2 aromatic carbocycles. The van der Waals surface area contributed by atoms with E-state index in [4.69, 9.17) is 0 Å². The SMILES string of the molecule is CCNC(=O)C(C)N(CCc1ccccc1)C(=O)Cc1cc(C)ccc1C. The van der Waals surface area contributed by atoms with Crippen LogP contribution in [0.2, 0.25) is 0 Å². The third kappa shape index (κ3) is 5.95. The highest BCUT2D eigenvalue weighted by Gasteiger charge is 2.25. The second kappa shape index (κ2) is 9.91. The van der Waals surface area contributed by atoms with Gasteiger partial charge in [-0.1, -0.05) is 54.1 Å². The lowest BCUT2D eigenvalue weighted by Crippen LogP contribution is -2.49. The zero-order chi connectivity index (χ0) is 19.8. The molecule has 1 N–H and O–H groups in total. The second-order valence-corrected chi connectivity index (χ2v) is 7.00. The number of aryl methyl sites for hydroxylation is 2. The Morgan fingerprint density at radius 1 is 1.07 bits per heavy atom. The lowest BCUT2D eigenvalue weighted by molar-refractivity contribution is -0.139. The van der Waals surface area contributed by atoms with Crippen molar-refractivity contribution in [2.75, 3.05) is 13.1 Å². The predicted molar refractivity (Wildman–Crippen MR) is 110 cm³/mol. The van der Waals surface area contributed by atoms with Gasteiger partial charge in [-0.05, 0) is 50.8 Å². The van der Waals surface area contributed by atoms with E-state index >= 15 is 0 Å². The number of amides is 2. The Labute approximate surface area is 162 Å². The van der Waals surface area contributed by atoms with Crippen molar-refractivity contribution in [1.82, 2.24) is 10.2 Å². The highest BCUT2D eigenvalue weighted by atomic mass is 16.2. The number of hydrogen-bond acceptors (Lipinski definition) is 2. The van der Waals surface area contributed by atoms with E-state index in [9.17, 15) is 9.59 Å². The van der Waals surface area contributed by atoms with Crippen LogP contribution in [0.1, 0.15) is 36.1 Å². The number of nitrogens with one attached hydrogen (secondary N) is 1. The summed E-state index contributed by atoms with van der Waals surface area (Å²) in [6, 6.07) is 15.7. The first-order valence-corrected chi connectivity index (χ1v) is 9.59. The largest absolute Gasteiger partial charge is 0.355 e. The van der Waals surface area contributed by atoms with Crippen molar-refractivity contribution in [1.29, 1.82) is 0 Å². The van der Waals surface area contributed by atoms with Gasteiger partial charge in [-0.25, -0.2) is 0 Å². The van der Waals surface area contributed by atoms with Gasteiger partial charge in [0.15, 0.2) is 0 Å². The number of likely N-dealkylation sites (N-methyl/N-ethyl adjacent to an activating group) is 1. The van der Waals surface area contributed by atoms with Crippen LogP contribution in [0.3, 0.4) is 0 Å². The van der Waals surface area contributed by atoms with E-state index in [1.54, 1.807) is 11.8 Å². The van der Waals surface area contributed by atoms with Crippen molar-refractivity contribution in [2.45, 2.75) is 46.6 Å². The van der Waals surface area contributed by atoms with Crippen LogP contribution in [0.4, 0.5) is 0 Å². The molecule has 0 saturated carbocycles. The first-order chi connectivity index (χ1) is 12.9. The van der Waals surface area contributed by atoms with E-state index in [1.807, 2.05) is 63.2 Å². The Morgan fingerprint density at radius 2 is 1.78 bits per heavy atom. The fourth-order valence-electron chi connectivity index (χ4n) is 3.15. The van der Waals surface area contributed by atoms with E-state index in [0.29, 0.717) is 19.5 Å². The summed E-state index contributed by atoms with van der Waals surface area (Å²) in [6.07, 6.45) is 1.04. The molecule has 4 heteroatoms. The number of hydrogen-bond donors (Lipinski definition) is 1. The number of carbonyl (C=O) groups excluding carboxylic acids is 2. The molecule has 0 aliphatic carbocycles. The van der Waals surface area contributed by atoms with E-state index in [2.05, 4.69) is 11.4 Å². The zero-order valence-electron chi connectivity index (χ0n) is 16.8. The molecule has 1 atom stereocenters. The van der Waals surface area contributed by atoms with Crippen molar-refractivity contribution in [3.63, 3.8) is 0 Å². The van der Waals surface area contributed by atoms with Gasteiger partial charge in [-0.15, -0.1) is 0 Å². The summed E-state index contributed by atoms with van der Waals surface area (Å²) in [7, 11) is 0. The molecular formula is C23H30N2O2. The molecule has 0 bridgehead atoms. The predicted octanol–water partition coefficient (Wildman–Crippen LogP) is 3.44. The quantitative estimate of drug-likeness (QED) is 0.778. The third-order valence-corrected chi connectivity index (χ3v) is 4.85. The molecule has 2 aromatic rings. The lowest BCUT2D eigenvalue weighted by atomic mass is 10.0. The average molecular weight is 367 g/mol. The van der Waals surface area contributed by atoms with Gasteiger partial charge in [-0.3, -0.25) is 9.59 Å². The topological polar surface area (TPSA) is 49.4 Å².